The molecule has 1 amide bonds. The fraction of sp³-hybridized carbons (Fsp3) is 0.286. The van der Waals surface area contributed by atoms with Crippen LogP contribution in [-0.4, -0.2) is 29.0 Å². The highest BCUT2D eigenvalue weighted by Gasteiger charge is 2.16. The molecule has 4 rings (SSSR count). The van der Waals surface area contributed by atoms with Crippen molar-refractivity contribution >= 4 is 28.9 Å². The number of thiophene rings is 1. The van der Waals surface area contributed by atoms with Crippen LogP contribution in [0.15, 0.2) is 48.7 Å². The first-order chi connectivity index (χ1) is 13.7. The minimum absolute atomic E-state index is 0.0771. The van der Waals surface area contributed by atoms with Gasteiger partial charge in [-0.1, -0.05) is 18.2 Å². The summed E-state index contributed by atoms with van der Waals surface area (Å²) in [7, 11) is 0. The molecule has 0 radical (unpaired) electrons. The van der Waals surface area contributed by atoms with Crippen molar-refractivity contribution in [2.75, 3.05) is 23.7 Å². The van der Waals surface area contributed by atoms with Gasteiger partial charge < -0.3 is 16.0 Å². The monoisotopic (exact) mass is 393 g/mol. The van der Waals surface area contributed by atoms with E-state index < -0.39 is 0 Å². The van der Waals surface area contributed by atoms with Crippen LogP contribution in [-0.2, 0) is 6.54 Å². The molecule has 3 heterocycles. The molecule has 1 aromatic carbocycles. The molecule has 0 unspecified atom stereocenters. The minimum atomic E-state index is -0.0771. The van der Waals surface area contributed by atoms with E-state index in [0.29, 0.717) is 11.4 Å². The number of anilines is 2. The summed E-state index contributed by atoms with van der Waals surface area (Å²) in [4.78, 5) is 24.7. The van der Waals surface area contributed by atoms with Gasteiger partial charge in [0.2, 0.25) is 5.95 Å². The standard InChI is InChI=1S/C21H23N5OS/c22-21-23-11-10-16(25-21)18-8-9-19(28-18)20(27)24-14-15-6-2-3-7-17(15)26-12-4-1-5-13-26/h2-3,6-11H,1,4-5,12-14H2,(H,24,27)(H2,22,23,25). The zero-order chi connectivity index (χ0) is 19.3. The molecular weight excluding hydrogens is 370 g/mol. The normalized spacial score (nSPS) is 14.1. The largest absolute Gasteiger partial charge is 0.371 e. The van der Waals surface area contributed by atoms with Crippen LogP contribution in [0.3, 0.4) is 0 Å². The first kappa shape index (κ1) is 18.4. The number of carbonyl (C=O) groups is 1. The number of nitrogens with two attached hydrogens (primary N) is 1. The van der Waals surface area contributed by atoms with Gasteiger partial charge in [0, 0.05) is 31.5 Å². The fourth-order valence-corrected chi connectivity index (χ4v) is 4.37. The van der Waals surface area contributed by atoms with Gasteiger partial charge in [-0.05, 0) is 49.1 Å². The molecule has 0 saturated carbocycles. The molecule has 0 atom stereocenters. The Labute approximate surface area is 168 Å². The predicted octanol–water partition coefficient (Wildman–Crippen LogP) is 3.71. The Kier molecular flexibility index (Phi) is 5.53. The van der Waals surface area contributed by atoms with E-state index >= 15 is 0 Å². The maximum absolute atomic E-state index is 12.6. The number of nitrogen functional groups attached to an aromatic ring is 1. The number of nitrogens with zero attached hydrogens (tertiary/aromatic N) is 3. The van der Waals surface area contributed by atoms with E-state index in [2.05, 4.69) is 38.4 Å². The Balaban J connectivity index is 1.44. The van der Waals surface area contributed by atoms with Crippen molar-refractivity contribution in [3.05, 3.63) is 59.1 Å². The number of piperidine rings is 1. The topological polar surface area (TPSA) is 84.1 Å². The van der Waals surface area contributed by atoms with Crippen LogP contribution in [0.2, 0.25) is 0 Å². The SMILES string of the molecule is Nc1nccc(-c2ccc(C(=O)NCc3ccccc3N3CCCCC3)s2)n1. The summed E-state index contributed by atoms with van der Waals surface area (Å²) in [6.07, 6.45) is 5.38. The number of nitrogens with one attached hydrogen (secondary N) is 1. The number of hydrogen-bond acceptors (Lipinski definition) is 6. The Morgan fingerprint density at radius 1 is 1.11 bits per heavy atom. The van der Waals surface area contributed by atoms with Crippen molar-refractivity contribution in [2.24, 2.45) is 0 Å². The van der Waals surface area contributed by atoms with E-state index in [0.717, 1.165) is 29.2 Å². The molecular formula is C21H23N5OS. The maximum Gasteiger partial charge on any atom is 0.261 e. The van der Waals surface area contributed by atoms with Crippen LogP contribution in [0.4, 0.5) is 11.6 Å². The number of benzene rings is 1. The zero-order valence-electron chi connectivity index (χ0n) is 15.6. The molecule has 1 aliphatic heterocycles. The molecule has 7 heteroatoms. The predicted molar refractivity (Wildman–Crippen MR) is 113 cm³/mol. The average molecular weight is 394 g/mol. The van der Waals surface area contributed by atoms with E-state index in [1.54, 1.807) is 12.3 Å². The first-order valence-corrected chi connectivity index (χ1v) is 10.3. The lowest BCUT2D eigenvalue weighted by Gasteiger charge is -2.30. The molecule has 28 heavy (non-hydrogen) atoms. The van der Waals surface area contributed by atoms with Gasteiger partial charge in [-0.15, -0.1) is 11.3 Å². The van der Waals surface area contributed by atoms with E-state index in [4.69, 9.17) is 5.73 Å². The van der Waals surface area contributed by atoms with Gasteiger partial charge >= 0.3 is 0 Å². The van der Waals surface area contributed by atoms with Gasteiger partial charge in [-0.3, -0.25) is 4.79 Å². The molecule has 0 bridgehead atoms. The highest BCUT2D eigenvalue weighted by molar-refractivity contribution is 7.17. The number of hydrogen-bond donors (Lipinski definition) is 2. The minimum Gasteiger partial charge on any atom is -0.371 e. The smallest absolute Gasteiger partial charge is 0.261 e. The lowest BCUT2D eigenvalue weighted by atomic mass is 10.1. The fourth-order valence-electron chi connectivity index (χ4n) is 3.47. The van der Waals surface area contributed by atoms with Crippen LogP contribution in [0, 0.1) is 0 Å². The van der Waals surface area contributed by atoms with E-state index in [-0.39, 0.29) is 11.9 Å². The highest BCUT2D eigenvalue weighted by atomic mass is 32.1. The molecule has 0 aliphatic carbocycles. The van der Waals surface area contributed by atoms with Gasteiger partial charge in [0.1, 0.15) is 0 Å². The van der Waals surface area contributed by atoms with Gasteiger partial charge in [-0.25, -0.2) is 9.97 Å². The van der Waals surface area contributed by atoms with Crippen molar-refractivity contribution in [3.8, 4) is 10.6 Å². The third kappa shape index (κ3) is 4.14. The third-order valence-electron chi connectivity index (χ3n) is 4.88. The number of carbonyl (C=O) groups excluding carboxylic acids is 1. The van der Waals surface area contributed by atoms with Crippen molar-refractivity contribution in [2.45, 2.75) is 25.8 Å². The van der Waals surface area contributed by atoms with Crippen LogP contribution in [0.25, 0.3) is 10.6 Å². The summed E-state index contributed by atoms with van der Waals surface area (Å²) < 4.78 is 0. The number of amides is 1. The van der Waals surface area contributed by atoms with Crippen LogP contribution < -0.4 is 16.0 Å². The molecule has 0 spiro atoms. The lowest BCUT2D eigenvalue weighted by molar-refractivity contribution is 0.0955. The second-order valence-electron chi connectivity index (χ2n) is 6.82. The quantitative estimate of drug-likeness (QED) is 0.690. The van der Waals surface area contributed by atoms with Crippen LogP contribution in [0.5, 0.6) is 0 Å². The van der Waals surface area contributed by atoms with Gasteiger partial charge in [-0.2, -0.15) is 0 Å². The van der Waals surface area contributed by atoms with Crippen molar-refractivity contribution in [3.63, 3.8) is 0 Å². The van der Waals surface area contributed by atoms with Crippen LogP contribution >= 0.6 is 11.3 Å². The average Bonchev–Trinajstić information content (AvgIpc) is 3.23. The van der Waals surface area contributed by atoms with Gasteiger partial charge in [0.15, 0.2) is 0 Å². The molecule has 6 nitrogen and oxygen atoms in total. The Bertz CT molecular complexity index is 965. The van der Waals surface area contributed by atoms with Crippen LogP contribution in [0.1, 0.15) is 34.5 Å². The van der Waals surface area contributed by atoms with E-state index in [9.17, 15) is 4.79 Å². The summed E-state index contributed by atoms with van der Waals surface area (Å²) in [6.45, 7) is 2.68. The Hall–Kier alpha value is -2.93. The molecule has 144 valence electrons. The van der Waals surface area contributed by atoms with E-state index in [1.165, 1.54) is 36.3 Å². The highest BCUT2D eigenvalue weighted by Crippen LogP contribution is 2.27. The summed E-state index contributed by atoms with van der Waals surface area (Å²) in [5.74, 6) is 0.151. The summed E-state index contributed by atoms with van der Waals surface area (Å²) in [5.41, 5.74) is 8.76. The number of para-hydroxylation sites is 1. The summed E-state index contributed by atoms with van der Waals surface area (Å²) in [5, 5.41) is 3.06. The van der Waals surface area contributed by atoms with Crippen molar-refractivity contribution < 1.29 is 4.79 Å². The summed E-state index contributed by atoms with van der Waals surface area (Å²) in [6, 6.07) is 13.8. The molecule has 2 aromatic heterocycles. The number of rotatable bonds is 5. The second kappa shape index (κ2) is 8.39. The Morgan fingerprint density at radius 3 is 2.75 bits per heavy atom. The van der Waals surface area contributed by atoms with Crippen molar-refractivity contribution in [1.29, 1.82) is 0 Å². The Morgan fingerprint density at radius 2 is 1.93 bits per heavy atom. The molecule has 1 fully saturated rings. The zero-order valence-corrected chi connectivity index (χ0v) is 16.4. The molecule has 3 aromatic rings. The maximum atomic E-state index is 12.6. The second-order valence-corrected chi connectivity index (χ2v) is 7.91. The number of aromatic nitrogens is 2. The molecule has 3 N–H and O–H groups in total. The molecule has 1 saturated heterocycles. The van der Waals surface area contributed by atoms with E-state index in [1.807, 2.05) is 18.2 Å². The summed E-state index contributed by atoms with van der Waals surface area (Å²) >= 11 is 1.40. The van der Waals surface area contributed by atoms with Gasteiger partial charge in [0.05, 0.1) is 15.4 Å². The van der Waals surface area contributed by atoms with Gasteiger partial charge in [0.25, 0.3) is 5.91 Å². The lowest BCUT2D eigenvalue weighted by Crippen LogP contribution is -2.31. The third-order valence-corrected chi connectivity index (χ3v) is 5.99. The molecule has 1 aliphatic rings. The first-order valence-electron chi connectivity index (χ1n) is 9.50. The van der Waals surface area contributed by atoms with Crippen molar-refractivity contribution in [1.82, 2.24) is 15.3 Å².